The monoisotopic (exact) mass is 244 g/mol. The van der Waals surface area contributed by atoms with Gasteiger partial charge in [0.05, 0.1) is 10.7 Å². The molecule has 0 fully saturated rings. The number of aryl methyl sites for hydroxylation is 1. The van der Waals surface area contributed by atoms with Crippen molar-refractivity contribution in [3.05, 3.63) is 15.6 Å². The van der Waals surface area contributed by atoms with Crippen LogP contribution in [0, 0.1) is 0 Å². The number of hydrogen-bond acceptors (Lipinski definition) is 4. The molecule has 0 aliphatic carbocycles. The molecule has 1 aromatic rings. The van der Waals surface area contributed by atoms with Crippen LogP contribution in [0.4, 0.5) is 0 Å². The molecule has 4 heteroatoms. The van der Waals surface area contributed by atoms with Gasteiger partial charge in [-0.3, -0.25) is 0 Å². The Hall–Kier alpha value is -0.0600. The van der Waals surface area contributed by atoms with Gasteiger partial charge in [-0.15, -0.1) is 11.3 Å². The Kier molecular flexibility index (Phi) is 5.64. The lowest BCUT2D eigenvalue weighted by molar-refractivity contribution is 0.413. The molecular formula is C11H20N2S2. The standard InChI is InChI=1S/C11H20N2S2/c1-4-5-9-10(8-14)15-11(12-9)6-7-13(2)3/h14H,4-8H2,1-3H3. The molecule has 0 aliphatic heterocycles. The van der Waals surface area contributed by atoms with Crippen molar-refractivity contribution in [1.29, 1.82) is 0 Å². The minimum atomic E-state index is 0.828. The van der Waals surface area contributed by atoms with Crippen molar-refractivity contribution < 1.29 is 0 Å². The highest BCUT2D eigenvalue weighted by Gasteiger charge is 2.09. The number of likely N-dealkylation sites (N-methyl/N-ethyl adjacent to an activating group) is 1. The summed E-state index contributed by atoms with van der Waals surface area (Å²) in [5.41, 5.74) is 1.27. The van der Waals surface area contributed by atoms with Gasteiger partial charge in [0.2, 0.25) is 0 Å². The lowest BCUT2D eigenvalue weighted by atomic mass is 10.2. The lowest BCUT2D eigenvalue weighted by Crippen LogP contribution is -2.14. The van der Waals surface area contributed by atoms with Gasteiger partial charge in [-0.2, -0.15) is 12.6 Å². The van der Waals surface area contributed by atoms with Gasteiger partial charge in [0.1, 0.15) is 0 Å². The Bertz CT molecular complexity index is 295. The second-order valence-corrected chi connectivity index (χ2v) is 5.42. The van der Waals surface area contributed by atoms with Crippen molar-refractivity contribution in [3.63, 3.8) is 0 Å². The number of nitrogens with zero attached hydrogens (tertiary/aromatic N) is 2. The third kappa shape index (κ3) is 4.13. The fourth-order valence-corrected chi connectivity index (χ4v) is 2.76. The molecule has 0 bridgehead atoms. The van der Waals surface area contributed by atoms with E-state index in [4.69, 9.17) is 0 Å². The van der Waals surface area contributed by atoms with E-state index in [-0.39, 0.29) is 0 Å². The van der Waals surface area contributed by atoms with Gasteiger partial charge in [0, 0.05) is 23.6 Å². The zero-order chi connectivity index (χ0) is 11.3. The Morgan fingerprint density at radius 2 is 2.07 bits per heavy atom. The summed E-state index contributed by atoms with van der Waals surface area (Å²) in [5, 5.41) is 1.26. The molecule has 0 radical (unpaired) electrons. The van der Waals surface area contributed by atoms with E-state index in [9.17, 15) is 0 Å². The first-order chi connectivity index (χ1) is 7.17. The van der Waals surface area contributed by atoms with Gasteiger partial charge in [-0.25, -0.2) is 4.98 Å². The minimum Gasteiger partial charge on any atom is -0.309 e. The van der Waals surface area contributed by atoms with Crippen LogP contribution in [0.5, 0.6) is 0 Å². The largest absolute Gasteiger partial charge is 0.309 e. The van der Waals surface area contributed by atoms with Gasteiger partial charge in [-0.05, 0) is 20.5 Å². The minimum absolute atomic E-state index is 0.828. The van der Waals surface area contributed by atoms with Gasteiger partial charge in [0.25, 0.3) is 0 Å². The quantitative estimate of drug-likeness (QED) is 0.774. The van der Waals surface area contributed by atoms with Crippen molar-refractivity contribution in [2.24, 2.45) is 0 Å². The molecule has 1 aromatic heterocycles. The van der Waals surface area contributed by atoms with Crippen LogP contribution in [-0.4, -0.2) is 30.5 Å². The van der Waals surface area contributed by atoms with Crippen LogP contribution < -0.4 is 0 Å². The van der Waals surface area contributed by atoms with E-state index in [0.717, 1.165) is 31.6 Å². The van der Waals surface area contributed by atoms with Gasteiger partial charge < -0.3 is 4.90 Å². The molecule has 2 nitrogen and oxygen atoms in total. The second-order valence-electron chi connectivity index (χ2n) is 3.94. The summed E-state index contributed by atoms with van der Waals surface area (Å²) in [7, 11) is 4.19. The molecule has 0 N–H and O–H groups in total. The first-order valence-corrected chi connectivity index (χ1v) is 6.85. The molecule has 0 aliphatic rings. The van der Waals surface area contributed by atoms with Crippen molar-refractivity contribution >= 4 is 24.0 Å². The van der Waals surface area contributed by atoms with Crippen LogP contribution in [-0.2, 0) is 18.6 Å². The summed E-state index contributed by atoms with van der Waals surface area (Å²) in [5.74, 6) is 0.828. The number of thiazole rings is 1. The predicted octanol–water partition coefficient (Wildman–Crippen LogP) is 2.63. The van der Waals surface area contributed by atoms with E-state index in [1.54, 1.807) is 0 Å². The molecule has 0 saturated heterocycles. The Balaban J connectivity index is 2.65. The van der Waals surface area contributed by atoms with Crippen LogP contribution in [0.15, 0.2) is 0 Å². The van der Waals surface area contributed by atoms with E-state index in [0.29, 0.717) is 0 Å². The number of aromatic nitrogens is 1. The SMILES string of the molecule is CCCc1nc(CCN(C)C)sc1CS. The molecule has 0 saturated carbocycles. The number of thiol groups is 1. The maximum Gasteiger partial charge on any atom is 0.0944 e. The van der Waals surface area contributed by atoms with Crippen LogP contribution in [0.25, 0.3) is 0 Å². The summed E-state index contributed by atoms with van der Waals surface area (Å²) in [4.78, 5) is 8.24. The smallest absolute Gasteiger partial charge is 0.0944 e. The van der Waals surface area contributed by atoms with Crippen LogP contribution in [0.2, 0.25) is 0 Å². The van der Waals surface area contributed by atoms with Gasteiger partial charge in [0.15, 0.2) is 0 Å². The molecule has 0 amide bonds. The molecule has 0 spiro atoms. The van der Waals surface area contributed by atoms with Crippen LogP contribution in [0.1, 0.15) is 28.9 Å². The summed E-state index contributed by atoms with van der Waals surface area (Å²) < 4.78 is 0. The van der Waals surface area contributed by atoms with E-state index < -0.39 is 0 Å². The van der Waals surface area contributed by atoms with E-state index in [2.05, 4.69) is 43.5 Å². The number of hydrogen-bond donors (Lipinski definition) is 1. The van der Waals surface area contributed by atoms with Crippen molar-refractivity contribution in [2.45, 2.75) is 31.9 Å². The average Bonchev–Trinajstić information content (AvgIpc) is 2.58. The zero-order valence-electron chi connectivity index (χ0n) is 9.79. The van der Waals surface area contributed by atoms with E-state index in [1.807, 2.05) is 11.3 Å². The molecule has 86 valence electrons. The fourth-order valence-electron chi connectivity index (χ4n) is 1.42. The summed E-state index contributed by atoms with van der Waals surface area (Å²) in [6.07, 6.45) is 3.31. The maximum absolute atomic E-state index is 4.69. The van der Waals surface area contributed by atoms with Crippen LogP contribution in [0.3, 0.4) is 0 Å². The summed E-state index contributed by atoms with van der Waals surface area (Å²) in [6, 6.07) is 0. The van der Waals surface area contributed by atoms with Crippen molar-refractivity contribution in [1.82, 2.24) is 9.88 Å². The Morgan fingerprint density at radius 1 is 1.33 bits per heavy atom. The van der Waals surface area contributed by atoms with E-state index >= 15 is 0 Å². The number of rotatable bonds is 6. The summed E-state index contributed by atoms with van der Waals surface area (Å²) in [6.45, 7) is 3.27. The highest BCUT2D eigenvalue weighted by atomic mass is 32.1. The molecule has 0 aromatic carbocycles. The molecule has 0 unspecified atom stereocenters. The second kappa shape index (κ2) is 6.51. The first-order valence-electron chi connectivity index (χ1n) is 5.40. The van der Waals surface area contributed by atoms with Gasteiger partial charge in [-0.1, -0.05) is 13.3 Å². The molecule has 15 heavy (non-hydrogen) atoms. The van der Waals surface area contributed by atoms with E-state index in [1.165, 1.54) is 15.6 Å². The molecular weight excluding hydrogens is 224 g/mol. The highest BCUT2D eigenvalue weighted by Crippen LogP contribution is 2.22. The maximum atomic E-state index is 4.69. The molecule has 1 heterocycles. The lowest BCUT2D eigenvalue weighted by Gasteiger charge is -2.06. The molecule has 0 atom stereocenters. The predicted molar refractivity (Wildman–Crippen MR) is 71.1 cm³/mol. The third-order valence-corrected chi connectivity index (χ3v) is 3.91. The first kappa shape index (κ1) is 13.0. The van der Waals surface area contributed by atoms with Crippen molar-refractivity contribution in [2.75, 3.05) is 20.6 Å². The normalized spacial score (nSPS) is 11.3. The summed E-state index contributed by atoms with van der Waals surface area (Å²) >= 11 is 6.18. The average molecular weight is 244 g/mol. The topological polar surface area (TPSA) is 16.1 Å². The fraction of sp³-hybridized carbons (Fsp3) is 0.727. The third-order valence-electron chi connectivity index (χ3n) is 2.23. The highest BCUT2D eigenvalue weighted by molar-refractivity contribution is 7.79. The Morgan fingerprint density at radius 3 is 2.60 bits per heavy atom. The van der Waals surface area contributed by atoms with Gasteiger partial charge >= 0.3 is 0 Å². The van der Waals surface area contributed by atoms with Crippen LogP contribution >= 0.6 is 24.0 Å². The zero-order valence-corrected chi connectivity index (χ0v) is 11.5. The Labute approximate surface area is 102 Å². The molecule has 1 rings (SSSR count). The van der Waals surface area contributed by atoms with Crippen molar-refractivity contribution in [3.8, 4) is 0 Å².